The molecule has 0 aliphatic carbocycles. The first-order chi connectivity index (χ1) is 12.9. The number of carbonyl (C=O) groups is 1. The van der Waals surface area contributed by atoms with Gasteiger partial charge < -0.3 is 19.9 Å². The molecule has 27 heavy (non-hydrogen) atoms. The second kappa shape index (κ2) is 7.53. The van der Waals surface area contributed by atoms with Gasteiger partial charge in [0.1, 0.15) is 17.6 Å². The lowest BCUT2D eigenvalue weighted by molar-refractivity contribution is -0.385. The highest BCUT2D eigenvalue weighted by atomic mass is 16.6. The van der Waals surface area contributed by atoms with Crippen LogP contribution in [0.2, 0.25) is 0 Å². The number of fused-ring (bicyclic) bond motifs is 1. The molecule has 1 atom stereocenters. The highest BCUT2D eigenvalue weighted by molar-refractivity contribution is 5.95. The summed E-state index contributed by atoms with van der Waals surface area (Å²) in [7, 11) is 0. The quantitative estimate of drug-likeness (QED) is 0.596. The minimum atomic E-state index is -0.711. The number of rotatable bonds is 6. The maximum absolute atomic E-state index is 12.3. The number of carbonyl (C=O) groups excluding carboxylic acids is 1. The van der Waals surface area contributed by atoms with Crippen molar-refractivity contribution in [3.63, 3.8) is 0 Å². The normalized spacial score (nSPS) is 15.0. The lowest BCUT2D eigenvalue weighted by Gasteiger charge is -2.13. The Balaban J connectivity index is 1.76. The van der Waals surface area contributed by atoms with Gasteiger partial charge in [-0.05, 0) is 38.1 Å². The Morgan fingerprint density at radius 3 is 2.85 bits per heavy atom. The summed E-state index contributed by atoms with van der Waals surface area (Å²) in [6.45, 7) is 4.56. The molecule has 0 aromatic heterocycles. The van der Waals surface area contributed by atoms with Gasteiger partial charge in [-0.3, -0.25) is 14.9 Å². The molecule has 1 amide bonds. The lowest BCUT2D eigenvalue weighted by Crippen LogP contribution is -2.23. The van der Waals surface area contributed by atoms with Gasteiger partial charge >= 0.3 is 5.69 Å². The number of nitrogens with one attached hydrogen (secondary N) is 1. The van der Waals surface area contributed by atoms with Crippen LogP contribution in [0.3, 0.4) is 0 Å². The number of hydrogen-bond donors (Lipinski definition) is 2. The van der Waals surface area contributed by atoms with E-state index in [1.54, 1.807) is 0 Å². The number of amides is 1. The van der Waals surface area contributed by atoms with Crippen LogP contribution in [-0.2, 0) is 13.0 Å². The minimum Gasteiger partial charge on any atom is -0.502 e. The van der Waals surface area contributed by atoms with Crippen molar-refractivity contribution in [3.8, 4) is 17.2 Å². The number of nitrogens with zero attached hydrogens (tertiary/aromatic N) is 1. The van der Waals surface area contributed by atoms with Crippen LogP contribution in [0.4, 0.5) is 5.69 Å². The van der Waals surface area contributed by atoms with Gasteiger partial charge in [-0.25, -0.2) is 0 Å². The molecule has 8 heteroatoms. The van der Waals surface area contributed by atoms with Crippen molar-refractivity contribution >= 4 is 11.6 Å². The van der Waals surface area contributed by atoms with Gasteiger partial charge in [-0.2, -0.15) is 0 Å². The van der Waals surface area contributed by atoms with E-state index in [4.69, 9.17) is 9.47 Å². The molecule has 0 saturated carbocycles. The number of hydrogen-bond acceptors (Lipinski definition) is 6. The summed E-state index contributed by atoms with van der Waals surface area (Å²) in [6.07, 6.45) is 0.909. The van der Waals surface area contributed by atoms with Gasteiger partial charge in [0.25, 0.3) is 5.91 Å². The number of phenolic OH excluding ortho intramolecular Hbond substituents is 1. The van der Waals surface area contributed by atoms with Crippen LogP contribution in [0.1, 0.15) is 35.3 Å². The van der Waals surface area contributed by atoms with Crippen LogP contribution in [0.5, 0.6) is 17.2 Å². The number of ether oxygens (including phenoxy) is 2. The third-order valence-corrected chi connectivity index (χ3v) is 4.25. The van der Waals surface area contributed by atoms with Crippen LogP contribution < -0.4 is 14.8 Å². The number of nitro benzene ring substituents is 1. The van der Waals surface area contributed by atoms with E-state index in [0.717, 1.165) is 35.4 Å². The third-order valence-electron chi connectivity index (χ3n) is 4.25. The number of aromatic hydroxyl groups is 1. The van der Waals surface area contributed by atoms with Crippen LogP contribution >= 0.6 is 0 Å². The number of phenols is 1. The predicted molar refractivity (Wildman–Crippen MR) is 97.3 cm³/mol. The zero-order chi connectivity index (χ0) is 19.6. The summed E-state index contributed by atoms with van der Waals surface area (Å²) >= 11 is 0. The molecule has 3 rings (SSSR count). The monoisotopic (exact) mass is 372 g/mol. The molecule has 2 N–H and O–H groups in total. The van der Waals surface area contributed by atoms with Gasteiger partial charge in [0.15, 0.2) is 5.75 Å². The Hall–Kier alpha value is -3.29. The van der Waals surface area contributed by atoms with E-state index in [0.29, 0.717) is 12.4 Å². The molecular weight excluding hydrogens is 352 g/mol. The predicted octanol–water partition coefficient (Wildman–Crippen LogP) is 2.95. The molecule has 0 bridgehead atoms. The Kier molecular flexibility index (Phi) is 5.16. The molecule has 0 unspecified atom stereocenters. The van der Waals surface area contributed by atoms with E-state index in [9.17, 15) is 20.0 Å². The van der Waals surface area contributed by atoms with Gasteiger partial charge in [-0.1, -0.05) is 0 Å². The average Bonchev–Trinajstić information content (AvgIpc) is 2.98. The standard InChI is InChI=1S/C19H20N2O6/c1-3-26-17-8-13-6-11(2)27-18(13)9-14(17)10-20-19(23)12-4-5-15(21(24)25)16(22)7-12/h4-5,7-9,11,22H,3,6,10H2,1-2H3,(H,20,23)/t11-/m0/s1. The van der Waals surface area contributed by atoms with Crippen LogP contribution in [0, 0.1) is 10.1 Å². The summed E-state index contributed by atoms with van der Waals surface area (Å²) in [5.74, 6) is 0.448. The zero-order valence-electron chi connectivity index (χ0n) is 15.0. The zero-order valence-corrected chi connectivity index (χ0v) is 15.0. The lowest BCUT2D eigenvalue weighted by atomic mass is 10.1. The highest BCUT2D eigenvalue weighted by Crippen LogP contribution is 2.35. The Bertz CT molecular complexity index is 896. The van der Waals surface area contributed by atoms with E-state index in [2.05, 4.69) is 5.32 Å². The summed E-state index contributed by atoms with van der Waals surface area (Å²) in [5.41, 5.74) is 1.52. The smallest absolute Gasteiger partial charge is 0.310 e. The molecule has 8 nitrogen and oxygen atoms in total. The fourth-order valence-electron chi connectivity index (χ4n) is 3.01. The van der Waals surface area contributed by atoms with Gasteiger partial charge in [0, 0.05) is 35.7 Å². The molecule has 2 aromatic rings. The first-order valence-corrected chi connectivity index (χ1v) is 8.60. The van der Waals surface area contributed by atoms with Crippen LogP contribution in [0.25, 0.3) is 0 Å². The molecule has 2 aromatic carbocycles. The molecule has 142 valence electrons. The van der Waals surface area contributed by atoms with Crippen molar-refractivity contribution in [1.82, 2.24) is 5.32 Å². The molecule has 0 radical (unpaired) electrons. The summed E-state index contributed by atoms with van der Waals surface area (Å²) in [6, 6.07) is 7.26. The van der Waals surface area contributed by atoms with E-state index < -0.39 is 22.3 Å². The van der Waals surface area contributed by atoms with Crippen molar-refractivity contribution in [2.24, 2.45) is 0 Å². The summed E-state index contributed by atoms with van der Waals surface area (Å²) in [5, 5.41) is 23.2. The van der Waals surface area contributed by atoms with Gasteiger partial charge in [0.2, 0.25) is 0 Å². The Labute approximate surface area is 155 Å². The van der Waals surface area contributed by atoms with Crippen molar-refractivity contribution in [1.29, 1.82) is 0 Å². The SMILES string of the molecule is CCOc1cc2c(cc1CNC(=O)c1ccc([N+](=O)[O-])c(O)c1)O[C@@H](C)C2. The molecule has 0 fully saturated rings. The molecule has 1 heterocycles. The van der Waals surface area contributed by atoms with Crippen molar-refractivity contribution < 1.29 is 24.3 Å². The fourth-order valence-corrected chi connectivity index (χ4v) is 3.01. The van der Waals surface area contributed by atoms with Crippen molar-refractivity contribution in [2.75, 3.05) is 6.61 Å². The van der Waals surface area contributed by atoms with E-state index >= 15 is 0 Å². The second-order valence-electron chi connectivity index (χ2n) is 6.28. The first kappa shape index (κ1) is 18.5. The molecule has 0 saturated heterocycles. The first-order valence-electron chi connectivity index (χ1n) is 8.60. The number of nitro groups is 1. The van der Waals surface area contributed by atoms with Crippen molar-refractivity contribution in [2.45, 2.75) is 32.9 Å². The molecule has 1 aliphatic heterocycles. The van der Waals surface area contributed by atoms with Gasteiger partial charge in [-0.15, -0.1) is 0 Å². The molecule has 1 aliphatic rings. The van der Waals surface area contributed by atoms with E-state index in [1.165, 1.54) is 6.07 Å². The summed E-state index contributed by atoms with van der Waals surface area (Å²) in [4.78, 5) is 22.4. The Morgan fingerprint density at radius 2 is 2.19 bits per heavy atom. The van der Waals surface area contributed by atoms with E-state index in [-0.39, 0.29) is 18.2 Å². The fraction of sp³-hybridized carbons (Fsp3) is 0.316. The van der Waals surface area contributed by atoms with Gasteiger partial charge in [0.05, 0.1) is 11.5 Å². The average molecular weight is 372 g/mol. The maximum Gasteiger partial charge on any atom is 0.310 e. The minimum absolute atomic E-state index is 0.0994. The summed E-state index contributed by atoms with van der Waals surface area (Å²) < 4.78 is 11.4. The third kappa shape index (κ3) is 3.94. The van der Waals surface area contributed by atoms with Crippen LogP contribution in [0.15, 0.2) is 30.3 Å². The molecule has 0 spiro atoms. The largest absolute Gasteiger partial charge is 0.502 e. The van der Waals surface area contributed by atoms with E-state index in [1.807, 2.05) is 26.0 Å². The Morgan fingerprint density at radius 1 is 1.41 bits per heavy atom. The maximum atomic E-state index is 12.3. The molecular formula is C19H20N2O6. The second-order valence-corrected chi connectivity index (χ2v) is 6.28. The number of benzene rings is 2. The van der Waals surface area contributed by atoms with Crippen LogP contribution in [-0.4, -0.2) is 28.6 Å². The highest BCUT2D eigenvalue weighted by Gasteiger charge is 2.22. The van der Waals surface area contributed by atoms with Crippen molar-refractivity contribution in [3.05, 3.63) is 57.1 Å². The topological polar surface area (TPSA) is 111 Å².